The SMILES string of the molecule is COc1cccc(CNC(=O)c2nc(N3CCOCC3)c3c(C)c(C)n(-c4ccccc4)c3n2)c1. The number of morpholine rings is 1. The lowest BCUT2D eigenvalue weighted by molar-refractivity contribution is 0.0940. The minimum absolute atomic E-state index is 0.150. The van der Waals surface area contributed by atoms with Gasteiger partial charge in [-0.05, 0) is 49.2 Å². The number of fused-ring (bicyclic) bond motifs is 1. The number of carbonyl (C=O) groups is 1. The number of rotatable bonds is 6. The van der Waals surface area contributed by atoms with Crippen LogP contribution in [0.1, 0.15) is 27.4 Å². The molecule has 5 rings (SSSR count). The first-order valence-corrected chi connectivity index (χ1v) is 11.8. The average molecular weight is 472 g/mol. The molecule has 1 N–H and O–H groups in total. The van der Waals surface area contributed by atoms with Crippen LogP contribution < -0.4 is 15.0 Å². The quantitative estimate of drug-likeness (QED) is 0.461. The first-order chi connectivity index (χ1) is 17.1. The summed E-state index contributed by atoms with van der Waals surface area (Å²) < 4.78 is 13.0. The summed E-state index contributed by atoms with van der Waals surface area (Å²) in [4.78, 5) is 25.0. The van der Waals surface area contributed by atoms with Crippen LogP contribution >= 0.6 is 0 Å². The van der Waals surface area contributed by atoms with E-state index < -0.39 is 0 Å². The molecule has 0 aliphatic carbocycles. The number of nitrogens with zero attached hydrogens (tertiary/aromatic N) is 4. The van der Waals surface area contributed by atoms with Gasteiger partial charge in [0.25, 0.3) is 5.91 Å². The predicted molar refractivity (Wildman–Crippen MR) is 136 cm³/mol. The minimum atomic E-state index is -0.319. The highest BCUT2D eigenvalue weighted by molar-refractivity contribution is 5.98. The monoisotopic (exact) mass is 471 g/mol. The van der Waals surface area contributed by atoms with Gasteiger partial charge in [-0.25, -0.2) is 9.97 Å². The second-order valence-corrected chi connectivity index (χ2v) is 8.58. The first kappa shape index (κ1) is 22.9. The molecule has 0 saturated carbocycles. The number of hydrogen-bond donors (Lipinski definition) is 1. The molecule has 0 radical (unpaired) electrons. The Morgan fingerprint density at radius 1 is 1.06 bits per heavy atom. The number of benzene rings is 2. The summed E-state index contributed by atoms with van der Waals surface area (Å²) in [5, 5.41) is 3.94. The first-order valence-electron chi connectivity index (χ1n) is 11.8. The van der Waals surface area contributed by atoms with Crippen molar-refractivity contribution >= 4 is 22.8 Å². The van der Waals surface area contributed by atoms with Crippen molar-refractivity contribution in [2.45, 2.75) is 20.4 Å². The van der Waals surface area contributed by atoms with Gasteiger partial charge in [0.15, 0.2) is 5.65 Å². The van der Waals surface area contributed by atoms with Gasteiger partial charge < -0.3 is 19.7 Å². The second-order valence-electron chi connectivity index (χ2n) is 8.58. The number of methoxy groups -OCH3 is 1. The Labute approximate surface area is 204 Å². The van der Waals surface area contributed by atoms with Crippen LogP contribution in [0.5, 0.6) is 5.75 Å². The molecule has 1 aliphatic heterocycles. The molecule has 4 aromatic rings. The normalized spacial score (nSPS) is 13.7. The molecule has 1 fully saturated rings. The maximum Gasteiger partial charge on any atom is 0.289 e. The zero-order chi connectivity index (χ0) is 24.4. The molecule has 1 amide bonds. The van der Waals surface area contributed by atoms with E-state index in [1.165, 1.54) is 0 Å². The van der Waals surface area contributed by atoms with Gasteiger partial charge in [-0.3, -0.25) is 9.36 Å². The van der Waals surface area contributed by atoms with Gasteiger partial charge >= 0.3 is 0 Å². The van der Waals surface area contributed by atoms with Crippen LogP contribution in [0.3, 0.4) is 0 Å². The van der Waals surface area contributed by atoms with E-state index in [-0.39, 0.29) is 11.7 Å². The Kier molecular flexibility index (Phi) is 6.37. The Hall–Kier alpha value is -3.91. The van der Waals surface area contributed by atoms with E-state index in [1.807, 2.05) is 54.6 Å². The van der Waals surface area contributed by atoms with Crippen LogP contribution in [0.25, 0.3) is 16.7 Å². The number of hydrogen-bond acceptors (Lipinski definition) is 6. The fourth-order valence-corrected chi connectivity index (χ4v) is 4.48. The van der Waals surface area contributed by atoms with Crippen molar-refractivity contribution in [1.29, 1.82) is 0 Å². The Bertz CT molecular complexity index is 1360. The molecule has 180 valence electrons. The van der Waals surface area contributed by atoms with Gasteiger partial charge in [0.05, 0.1) is 25.7 Å². The Balaban J connectivity index is 1.58. The Morgan fingerprint density at radius 2 is 1.83 bits per heavy atom. The molecular weight excluding hydrogens is 442 g/mol. The maximum atomic E-state index is 13.3. The van der Waals surface area contributed by atoms with Crippen LogP contribution in [-0.2, 0) is 11.3 Å². The lowest BCUT2D eigenvalue weighted by Crippen LogP contribution is -2.37. The average Bonchev–Trinajstić information content (AvgIpc) is 3.17. The third-order valence-electron chi connectivity index (χ3n) is 6.45. The topological polar surface area (TPSA) is 81.5 Å². The zero-order valence-electron chi connectivity index (χ0n) is 20.2. The van der Waals surface area contributed by atoms with Gasteiger partial charge in [0.1, 0.15) is 11.6 Å². The van der Waals surface area contributed by atoms with Gasteiger partial charge in [0, 0.05) is 31.0 Å². The van der Waals surface area contributed by atoms with Gasteiger partial charge in [-0.15, -0.1) is 0 Å². The number of para-hydroxylation sites is 1. The van der Waals surface area contributed by atoms with E-state index >= 15 is 0 Å². The number of carbonyl (C=O) groups excluding carboxylic acids is 1. The predicted octanol–water partition coefficient (Wildman–Crippen LogP) is 3.81. The third kappa shape index (κ3) is 4.44. The van der Waals surface area contributed by atoms with E-state index in [1.54, 1.807) is 7.11 Å². The van der Waals surface area contributed by atoms with Crippen LogP contribution in [0.15, 0.2) is 54.6 Å². The minimum Gasteiger partial charge on any atom is -0.497 e. The molecule has 8 nitrogen and oxygen atoms in total. The summed E-state index contributed by atoms with van der Waals surface area (Å²) in [5.74, 6) is 1.35. The summed E-state index contributed by atoms with van der Waals surface area (Å²) in [6, 6.07) is 17.7. The van der Waals surface area contributed by atoms with Crippen molar-refractivity contribution in [3.8, 4) is 11.4 Å². The van der Waals surface area contributed by atoms with Crippen LogP contribution in [0.2, 0.25) is 0 Å². The molecule has 0 spiro atoms. The molecule has 0 atom stereocenters. The highest BCUT2D eigenvalue weighted by atomic mass is 16.5. The molecule has 2 aromatic heterocycles. The van der Waals surface area contributed by atoms with Crippen molar-refractivity contribution < 1.29 is 14.3 Å². The van der Waals surface area contributed by atoms with E-state index in [4.69, 9.17) is 19.4 Å². The standard InChI is InChI=1S/C27H29N5O3/c1-18-19(2)32(21-9-5-4-6-10-21)26-23(18)25(31-12-14-35-15-13-31)29-24(30-26)27(33)28-17-20-8-7-11-22(16-20)34-3/h4-11,16H,12-15,17H2,1-3H3,(H,28,33). The highest BCUT2D eigenvalue weighted by Gasteiger charge is 2.25. The molecule has 3 heterocycles. The summed E-state index contributed by atoms with van der Waals surface area (Å²) >= 11 is 0. The van der Waals surface area contributed by atoms with Gasteiger partial charge in [-0.1, -0.05) is 30.3 Å². The molecule has 1 saturated heterocycles. The molecule has 0 bridgehead atoms. The van der Waals surface area contributed by atoms with Crippen LogP contribution in [0.4, 0.5) is 5.82 Å². The van der Waals surface area contributed by atoms with Gasteiger partial charge in [-0.2, -0.15) is 0 Å². The smallest absolute Gasteiger partial charge is 0.289 e. The largest absolute Gasteiger partial charge is 0.497 e. The second kappa shape index (κ2) is 9.76. The zero-order valence-corrected chi connectivity index (χ0v) is 20.2. The van der Waals surface area contributed by atoms with Crippen molar-refractivity contribution in [3.63, 3.8) is 0 Å². The molecule has 2 aromatic carbocycles. The van der Waals surface area contributed by atoms with Crippen molar-refractivity contribution in [3.05, 3.63) is 77.2 Å². The molecule has 8 heteroatoms. The number of nitrogens with one attached hydrogen (secondary N) is 1. The lowest BCUT2D eigenvalue weighted by atomic mass is 10.2. The summed E-state index contributed by atoms with van der Waals surface area (Å²) in [6.07, 6.45) is 0. The summed E-state index contributed by atoms with van der Waals surface area (Å²) in [5.41, 5.74) is 4.84. The van der Waals surface area contributed by atoms with E-state index in [2.05, 4.69) is 28.6 Å². The maximum absolute atomic E-state index is 13.3. The van der Waals surface area contributed by atoms with E-state index in [9.17, 15) is 4.79 Å². The van der Waals surface area contributed by atoms with E-state index in [0.717, 1.165) is 45.1 Å². The fourth-order valence-electron chi connectivity index (χ4n) is 4.48. The number of aryl methyl sites for hydroxylation is 1. The third-order valence-corrected chi connectivity index (χ3v) is 6.45. The molecule has 1 aliphatic rings. The van der Waals surface area contributed by atoms with Crippen molar-refractivity contribution in [2.75, 3.05) is 38.3 Å². The number of amides is 1. The number of ether oxygens (including phenoxy) is 2. The lowest BCUT2D eigenvalue weighted by Gasteiger charge is -2.28. The van der Waals surface area contributed by atoms with Crippen molar-refractivity contribution in [2.24, 2.45) is 0 Å². The van der Waals surface area contributed by atoms with Crippen LogP contribution in [0, 0.1) is 13.8 Å². The number of aromatic nitrogens is 3. The summed E-state index contributed by atoms with van der Waals surface area (Å²) in [6.45, 7) is 7.20. The van der Waals surface area contributed by atoms with Crippen LogP contribution in [-0.4, -0.2) is 53.9 Å². The highest BCUT2D eigenvalue weighted by Crippen LogP contribution is 2.34. The number of anilines is 1. The Morgan fingerprint density at radius 3 is 2.57 bits per heavy atom. The van der Waals surface area contributed by atoms with Crippen molar-refractivity contribution in [1.82, 2.24) is 19.9 Å². The fraction of sp³-hybridized carbons (Fsp3) is 0.296. The van der Waals surface area contributed by atoms with E-state index in [0.29, 0.717) is 32.8 Å². The molecule has 0 unspecified atom stereocenters. The van der Waals surface area contributed by atoms with Gasteiger partial charge in [0.2, 0.25) is 5.82 Å². The molecular formula is C27H29N5O3. The summed E-state index contributed by atoms with van der Waals surface area (Å²) in [7, 11) is 1.62. The molecule has 35 heavy (non-hydrogen) atoms.